The molecule has 0 aliphatic heterocycles. The highest BCUT2D eigenvalue weighted by Crippen LogP contribution is 2.29. The van der Waals surface area contributed by atoms with Crippen LogP contribution in [0.1, 0.15) is 29.6 Å². The summed E-state index contributed by atoms with van der Waals surface area (Å²) in [5.41, 5.74) is 0.537. The molecule has 0 spiro atoms. The lowest BCUT2D eigenvalue weighted by atomic mass is 10.1. The highest BCUT2D eigenvalue weighted by Gasteiger charge is 2.38. The van der Waals surface area contributed by atoms with Crippen molar-refractivity contribution in [3.63, 3.8) is 0 Å². The van der Waals surface area contributed by atoms with Crippen LogP contribution >= 0.6 is 0 Å². The summed E-state index contributed by atoms with van der Waals surface area (Å²) in [5, 5.41) is 14.6. The highest BCUT2D eigenvalue weighted by molar-refractivity contribution is 5.94. The lowest BCUT2D eigenvalue weighted by Gasteiger charge is -2.09. The second kappa shape index (κ2) is 6.48. The molecule has 0 fully saturated rings. The van der Waals surface area contributed by atoms with Crippen LogP contribution in [0.4, 0.5) is 13.2 Å². The number of carbonyl (C=O) groups excluding carboxylic acids is 1. The molecule has 0 aliphatic carbocycles. The zero-order chi connectivity index (χ0) is 17.0. The van der Waals surface area contributed by atoms with Crippen molar-refractivity contribution >= 4 is 5.91 Å². The van der Waals surface area contributed by atoms with Gasteiger partial charge >= 0.3 is 12.1 Å². The van der Waals surface area contributed by atoms with Gasteiger partial charge in [0.1, 0.15) is 6.04 Å². The van der Waals surface area contributed by atoms with Gasteiger partial charge in [-0.1, -0.05) is 24.2 Å². The van der Waals surface area contributed by atoms with Crippen molar-refractivity contribution in [2.24, 2.45) is 0 Å². The van der Waals surface area contributed by atoms with Crippen molar-refractivity contribution in [2.45, 2.75) is 25.6 Å². The van der Waals surface area contributed by atoms with E-state index in [-0.39, 0.29) is 17.0 Å². The number of nitrogens with one attached hydrogen (secondary N) is 1. The normalized spacial score (nSPS) is 12.5. The molecule has 6 nitrogen and oxygen atoms in total. The fourth-order valence-corrected chi connectivity index (χ4v) is 1.69. The van der Waals surface area contributed by atoms with Crippen molar-refractivity contribution in [2.75, 3.05) is 0 Å². The number of nitriles is 1. The Morgan fingerprint density at radius 1 is 1.39 bits per heavy atom. The number of rotatable bonds is 4. The average molecular weight is 324 g/mol. The lowest BCUT2D eigenvalue weighted by molar-refractivity contribution is -0.159. The van der Waals surface area contributed by atoms with Gasteiger partial charge in [0.15, 0.2) is 0 Å². The van der Waals surface area contributed by atoms with Gasteiger partial charge < -0.3 is 9.84 Å². The maximum Gasteiger partial charge on any atom is 0.471 e. The van der Waals surface area contributed by atoms with Gasteiger partial charge in [0.2, 0.25) is 5.82 Å². The van der Waals surface area contributed by atoms with Gasteiger partial charge in [-0.25, -0.2) is 0 Å². The fourth-order valence-electron chi connectivity index (χ4n) is 1.69. The molecule has 23 heavy (non-hydrogen) atoms. The fraction of sp³-hybridized carbons (Fsp3) is 0.286. The van der Waals surface area contributed by atoms with E-state index < -0.39 is 24.0 Å². The molecule has 2 aromatic rings. The Morgan fingerprint density at radius 2 is 2.04 bits per heavy atom. The minimum atomic E-state index is -4.71. The minimum absolute atomic E-state index is 0.229. The zero-order valence-corrected chi connectivity index (χ0v) is 11.9. The molecular formula is C14H11F3N4O2. The summed E-state index contributed by atoms with van der Waals surface area (Å²) < 4.78 is 41.3. The number of hydrogen-bond donors (Lipinski definition) is 1. The maximum absolute atomic E-state index is 12.4. The predicted molar refractivity (Wildman–Crippen MR) is 71.9 cm³/mol. The van der Waals surface area contributed by atoms with E-state index >= 15 is 0 Å². The molecule has 0 radical (unpaired) electrons. The number of amides is 1. The largest absolute Gasteiger partial charge is 0.471 e. The van der Waals surface area contributed by atoms with Crippen molar-refractivity contribution in [1.82, 2.24) is 15.5 Å². The van der Waals surface area contributed by atoms with Gasteiger partial charge in [-0.05, 0) is 18.6 Å². The second-order valence-electron chi connectivity index (χ2n) is 4.56. The maximum atomic E-state index is 12.4. The number of benzene rings is 1. The average Bonchev–Trinajstić information content (AvgIpc) is 3.02. The van der Waals surface area contributed by atoms with Crippen LogP contribution in [0.3, 0.4) is 0 Å². The summed E-state index contributed by atoms with van der Waals surface area (Å²) in [6.45, 7) is 1.76. The number of aromatic nitrogens is 2. The molecule has 2 rings (SSSR count). The van der Waals surface area contributed by atoms with E-state index in [0.717, 1.165) is 0 Å². The molecule has 1 aromatic carbocycles. The van der Waals surface area contributed by atoms with Gasteiger partial charge in [-0.3, -0.25) is 4.79 Å². The van der Waals surface area contributed by atoms with E-state index in [1.165, 1.54) is 24.3 Å². The number of alkyl halides is 3. The third-order valence-electron chi connectivity index (χ3n) is 2.94. The van der Waals surface area contributed by atoms with Crippen LogP contribution in [0.25, 0.3) is 11.4 Å². The van der Waals surface area contributed by atoms with Crippen LogP contribution in [0.15, 0.2) is 28.8 Å². The second-order valence-corrected chi connectivity index (χ2v) is 4.56. The molecule has 0 aliphatic rings. The van der Waals surface area contributed by atoms with E-state index in [1.54, 1.807) is 6.92 Å². The summed E-state index contributed by atoms with van der Waals surface area (Å²) in [5.74, 6) is -2.11. The molecule has 0 bridgehead atoms. The summed E-state index contributed by atoms with van der Waals surface area (Å²) in [4.78, 5) is 15.2. The van der Waals surface area contributed by atoms with Gasteiger partial charge in [0.25, 0.3) is 5.91 Å². The number of hydrogen-bond acceptors (Lipinski definition) is 5. The van der Waals surface area contributed by atoms with Gasteiger partial charge in [-0.15, -0.1) is 0 Å². The first kappa shape index (κ1) is 16.5. The molecule has 0 saturated carbocycles. The number of halogens is 3. The van der Waals surface area contributed by atoms with E-state index in [4.69, 9.17) is 5.26 Å². The summed E-state index contributed by atoms with van der Waals surface area (Å²) >= 11 is 0. The topological polar surface area (TPSA) is 91.8 Å². The number of nitrogens with zero attached hydrogens (tertiary/aromatic N) is 3. The van der Waals surface area contributed by atoms with Crippen molar-refractivity contribution in [3.05, 3.63) is 35.7 Å². The van der Waals surface area contributed by atoms with E-state index in [2.05, 4.69) is 20.0 Å². The first-order valence-corrected chi connectivity index (χ1v) is 6.57. The summed E-state index contributed by atoms with van der Waals surface area (Å²) in [7, 11) is 0. The van der Waals surface area contributed by atoms with E-state index in [9.17, 15) is 18.0 Å². The monoisotopic (exact) mass is 324 g/mol. The van der Waals surface area contributed by atoms with Crippen LogP contribution in [0.5, 0.6) is 0 Å². The van der Waals surface area contributed by atoms with Gasteiger partial charge in [0.05, 0.1) is 6.07 Å². The van der Waals surface area contributed by atoms with Crippen molar-refractivity contribution < 1.29 is 22.5 Å². The van der Waals surface area contributed by atoms with Crippen molar-refractivity contribution in [1.29, 1.82) is 5.26 Å². The minimum Gasteiger partial charge on any atom is -0.336 e. The summed E-state index contributed by atoms with van der Waals surface area (Å²) in [6, 6.07) is 6.93. The van der Waals surface area contributed by atoms with Crippen molar-refractivity contribution in [3.8, 4) is 17.5 Å². The number of carbonyl (C=O) groups is 1. The van der Waals surface area contributed by atoms with Gasteiger partial charge in [0, 0.05) is 11.1 Å². The third-order valence-corrected chi connectivity index (χ3v) is 2.94. The quantitative estimate of drug-likeness (QED) is 0.933. The Labute approximate surface area is 128 Å². The Kier molecular flexibility index (Phi) is 4.64. The van der Waals surface area contributed by atoms with E-state index in [1.807, 2.05) is 6.07 Å². The summed E-state index contributed by atoms with van der Waals surface area (Å²) in [6.07, 6.45) is -4.25. The molecule has 1 aromatic heterocycles. The predicted octanol–water partition coefficient (Wildman–Crippen LogP) is 2.79. The molecule has 0 unspecified atom stereocenters. The Bertz CT molecular complexity index is 732. The molecule has 1 heterocycles. The Hall–Kier alpha value is -2.89. The Morgan fingerprint density at radius 3 is 2.52 bits per heavy atom. The smallest absolute Gasteiger partial charge is 0.336 e. The van der Waals surface area contributed by atoms with Crippen LogP contribution < -0.4 is 5.32 Å². The standard InChI is InChI=1S/C14H11F3N4O2/c1-2-10(7-18)19-12(22)9-5-3-8(4-6-9)11-20-13(23-21-11)14(15,16)17/h3-6,10H,2H2,1H3,(H,19,22)/t10-/m0/s1. The zero-order valence-electron chi connectivity index (χ0n) is 11.9. The lowest BCUT2D eigenvalue weighted by Crippen LogP contribution is -2.33. The molecule has 120 valence electrons. The first-order valence-electron chi connectivity index (χ1n) is 6.57. The Balaban J connectivity index is 2.15. The molecule has 0 saturated heterocycles. The van der Waals surface area contributed by atoms with Crippen LogP contribution in [-0.4, -0.2) is 22.1 Å². The highest BCUT2D eigenvalue weighted by atomic mass is 19.4. The molecular weight excluding hydrogens is 313 g/mol. The van der Waals surface area contributed by atoms with Crippen LogP contribution in [-0.2, 0) is 6.18 Å². The molecule has 9 heteroatoms. The van der Waals surface area contributed by atoms with Gasteiger partial charge in [-0.2, -0.15) is 23.4 Å². The molecule has 1 amide bonds. The molecule has 1 atom stereocenters. The van der Waals surface area contributed by atoms with Crippen LogP contribution in [0.2, 0.25) is 0 Å². The van der Waals surface area contributed by atoms with E-state index in [0.29, 0.717) is 6.42 Å². The molecule has 1 N–H and O–H groups in total. The first-order chi connectivity index (χ1) is 10.8. The SMILES string of the molecule is CC[C@@H](C#N)NC(=O)c1ccc(-c2noc(C(F)(F)F)n2)cc1. The third kappa shape index (κ3) is 3.85. The van der Waals surface area contributed by atoms with Crippen LogP contribution in [0, 0.1) is 11.3 Å².